The molecule has 10 heavy (non-hydrogen) atoms. The molecule has 0 amide bonds. The van der Waals surface area contributed by atoms with Crippen LogP contribution in [0.5, 0.6) is 0 Å². The van der Waals surface area contributed by atoms with Gasteiger partial charge in [-0.1, -0.05) is 0 Å². The van der Waals surface area contributed by atoms with Crippen LogP contribution in [0.2, 0.25) is 0 Å². The van der Waals surface area contributed by atoms with Crippen LogP contribution in [0, 0.1) is 0 Å². The molecule has 0 fully saturated rings. The van der Waals surface area contributed by atoms with Crippen LogP contribution in [0.25, 0.3) is 9.95 Å². The van der Waals surface area contributed by atoms with Crippen molar-refractivity contribution in [1.82, 2.24) is 0 Å². The van der Waals surface area contributed by atoms with E-state index in [0.29, 0.717) is 0 Å². The molecule has 0 nitrogen and oxygen atoms in total. The van der Waals surface area contributed by atoms with E-state index in [1.54, 1.807) is 0 Å². The molecule has 2 rings (SSSR count). The summed E-state index contributed by atoms with van der Waals surface area (Å²) in [6.45, 7) is 0. The maximum absolute atomic E-state index is 2.39. The summed E-state index contributed by atoms with van der Waals surface area (Å²) in [5, 5.41) is 2.88. The summed E-state index contributed by atoms with van der Waals surface area (Å²) in [5.41, 5.74) is 0. The van der Waals surface area contributed by atoms with Crippen molar-refractivity contribution < 1.29 is 0 Å². The number of fused-ring (bicyclic) bond motifs is 1. The molecule has 2 heteroatoms. The van der Waals surface area contributed by atoms with Crippen LogP contribution in [-0.2, 0) is 0 Å². The molecule has 1 aliphatic rings. The molecule has 1 heterocycles. The average molecular weight is 260 g/mol. The fourth-order valence-electron chi connectivity index (χ4n) is 0.885. The number of benzene rings is 1. The summed E-state index contributed by atoms with van der Waals surface area (Å²) in [5.74, 6) is 0. The second-order valence-electron chi connectivity index (χ2n) is 2.06. The van der Waals surface area contributed by atoms with Crippen molar-refractivity contribution in [3.8, 4) is 0 Å². The normalized spacial score (nSPS) is 14.8. The van der Waals surface area contributed by atoms with Gasteiger partial charge in [0.05, 0.1) is 0 Å². The Morgan fingerprint density at radius 2 is 1.30 bits per heavy atom. The van der Waals surface area contributed by atoms with Crippen LogP contribution in [0.1, 0.15) is 0 Å². The Labute approximate surface area is 70.9 Å². The van der Waals surface area contributed by atoms with E-state index in [9.17, 15) is 0 Å². The van der Waals surface area contributed by atoms with Gasteiger partial charge in [-0.05, 0) is 0 Å². The molecule has 0 atom stereocenters. The molecule has 1 aromatic rings. The Bertz CT molecular complexity index is 306. The molecule has 0 saturated heterocycles. The minimum atomic E-state index is 0.779. The first-order valence-corrected chi connectivity index (χ1v) is 9.35. The monoisotopic (exact) mass is 262 g/mol. The predicted molar refractivity (Wildman–Crippen MR) is 46.1 cm³/mol. The molecular formula is C8H6Se2. The summed E-state index contributed by atoms with van der Waals surface area (Å²) < 4.78 is 0. The van der Waals surface area contributed by atoms with Gasteiger partial charge in [0.15, 0.2) is 0 Å². The van der Waals surface area contributed by atoms with E-state index in [4.69, 9.17) is 0 Å². The Morgan fingerprint density at radius 1 is 0.800 bits per heavy atom. The Morgan fingerprint density at radius 3 is 1.80 bits per heavy atom. The molecule has 0 aliphatic carbocycles. The van der Waals surface area contributed by atoms with Gasteiger partial charge in [0.25, 0.3) is 0 Å². The summed E-state index contributed by atoms with van der Waals surface area (Å²) in [6.07, 6.45) is 0. The third-order valence-electron chi connectivity index (χ3n) is 1.40. The van der Waals surface area contributed by atoms with Gasteiger partial charge in [-0.2, -0.15) is 0 Å². The zero-order valence-corrected chi connectivity index (χ0v) is 8.71. The van der Waals surface area contributed by atoms with Gasteiger partial charge in [0, 0.05) is 0 Å². The van der Waals surface area contributed by atoms with Crippen LogP contribution < -0.4 is 10.4 Å². The van der Waals surface area contributed by atoms with Gasteiger partial charge in [0.2, 0.25) is 0 Å². The maximum atomic E-state index is 2.39. The van der Waals surface area contributed by atoms with E-state index in [0.717, 1.165) is 26.3 Å². The Kier molecular flexibility index (Phi) is 1.97. The first-order chi connectivity index (χ1) is 4.97. The summed E-state index contributed by atoms with van der Waals surface area (Å²) >= 11 is 1.56. The first kappa shape index (κ1) is 6.69. The van der Waals surface area contributed by atoms with E-state index in [2.05, 4.69) is 34.2 Å². The fourth-order valence-corrected chi connectivity index (χ4v) is 5.93. The van der Waals surface area contributed by atoms with Crippen molar-refractivity contribution in [1.29, 1.82) is 0 Å². The molecule has 0 saturated carbocycles. The van der Waals surface area contributed by atoms with Gasteiger partial charge in [-0.25, -0.2) is 0 Å². The minimum absolute atomic E-state index is 0.779. The number of hydrogen-bond donors (Lipinski definition) is 0. The summed E-state index contributed by atoms with van der Waals surface area (Å²) in [7, 11) is 0. The third kappa shape index (κ3) is 1.21. The molecule has 0 N–H and O–H groups in total. The van der Waals surface area contributed by atoms with E-state index in [1.165, 1.54) is 10.4 Å². The standard InChI is InChI=1S/C8H6Se2/c1-2-4-8-6-10-9-5-7(8)3-1/h1-6H. The van der Waals surface area contributed by atoms with Crippen molar-refractivity contribution in [3.63, 3.8) is 0 Å². The van der Waals surface area contributed by atoms with Gasteiger partial charge >= 0.3 is 70.9 Å². The Balaban J connectivity index is 2.84. The number of rotatable bonds is 0. The Hall–Kier alpha value is -0.00104. The third-order valence-corrected chi connectivity index (χ3v) is 6.41. The van der Waals surface area contributed by atoms with E-state index in [-0.39, 0.29) is 0 Å². The van der Waals surface area contributed by atoms with Gasteiger partial charge in [0.1, 0.15) is 0 Å². The van der Waals surface area contributed by atoms with Crippen LogP contribution in [0.3, 0.4) is 0 Å². The molecule has 0 unspecified atom stereocenters. The summed E-state index contributed by atoms with van der Waals surface area (Å²) in [4.78, 5) is 4.78. The van der Waals surface area contributed by atoms with Crippen molar-refractivity contribution in [2.24, 2.45) is 0 Å². The van der Waals surface area contributed by atoms with Crippen LogP contribution in [0.4, 0.5) is 0 Å². The topological polar surface area (TPSA) is 0 Å². The fraction of sp³-hybridized carbons (Fsp3) is 0. The van der Waals surface area contributed by atoms with Crippen molar-refractivity contribution in [2.45, 2.75) is 0 Å². The molecule has 50 valence electrons. The van der Waals surface area contributed by atoms with E-state index in [1.807, 2.05) is 0 Å². The molecule has 1 aromatic carbocycles. The van der Waals surface area contributed by atoms with Gasteiger partial charge < -0.3 is 0 Å². The van der Waals surface area contributed by atoms with Gasteiger partial charge in [-0.3, -0.25) is 0 Å². The van der Waals surface area contributed by atoms with Crippen molar-refractivity contribution in [2.75, 3.05) is 0 Å². The van der Waals surface area contributed by atoms with Crippen molar-refractivity contribution in [3.05, 3.63) is 34.7 Å². The van der Waals surface area contributed by atoms with Gasteiger partial charge in [-0.15, -0.1) is 0 Å². The van der Waals surface area contributed by atoms with Crippen molar-refractivity contribution >= 4 is 36.2 Å². The predicted octanol–water partition coefficient (Wildman–Crippen LogP) is -0.500. The SMILES string of the molecule is C1=c2ccccc2=C[Se][Se]1. The number of hydrogen-bond acceptors (Lipinski definition) is 0. The van der Waals surface area contributed by atoms with Crippen LogP contribution in [0.15, 0.2) is 24.3 Å². The average Bonchev–Trinajstić information content (AvgIpc) is 2.05. The first-order valence-electron chi connectivity index (χ1n) is 3.04. The zero-order valence-electron chi connectivity index (χ0n) is 5.28. The molecule has 0 radical (unpaired) electrons. The molecule has 0 spiro atoms. The molecular weight excluding hydrogens is 254 g/mol. The molecule has 0 bridgehead atoms. The van der Waals surface area contributed by atoms with Crippen LogP contribution >= 0.6 is 0 Å². The van der Waals surface area contributed by atoms with Crippen LogP contribution in [-0.4, -0.2) is 26.3 Å². The van der Waals surface area contributed by atoms with E-state index < -0.39 is 0 Å². The summed E-state index contributed by atoms with van der Waals surface area (Å²) in [6, 6.07) is 8.61. The second-order valence-corrected chi connectivity index (χ2v) is 8.05. The second kappa shape index (κ2) is 2.94. The zero-order chi connectivity index (χ0) is 6.81. The molecule has 0 aromatic heterocycles. The van der Waals surface area contributed by atoms with E-state index >= 15 is 0 Å². The quantitative estimate of drug-likeness (QED) is 0.552. The molecule has 1 aliphatic heterocycles.